The summed E-state index contributed by atoms with van der Waals surface area (Å²) in [5.41, 5.74) is 17.7. The van der Waals surface area contributed by atoms with Gasteiger partial charge in [-0.05, 0) is 76.0 Å². The van der Waals surface area contributed by atoms with E-state index in [-0.39, 0.29) is 32.2 Å². The lowest BCUT2D eigenvalue weighted by atomic mass is 9.95. The summed E-state index contributed by atoms with van der Waals surface area (Å²) >= 11 is 0. The normalized spacial score (nSPS) is 21.9. The van der Waals surface area contributed by atoms with Gasteiger partial charge in [0, 0.05) is 43.4 Å². The molecule has 2 heterocycles. The van der Waals surface area contributed by atoms with Crippen LogP contribution in [0.4, 0.5) is 0 Å². The molecule has 2 aromatic rings. The number of fused-ring (bicyclic) bond motifs is 1. The Morgan fingerprint density at radius 3 is 1.80 bits per heavy atom. The number of amides is 15. The number of hydrogen-bond donors (Lipinski definition) is 22. The van der Waals surface area contributed by atoms with E-state index in [1.807, 2.05) is 21.3 Å². The second kappa shape index (κ2) is 48.2. The van der Waals surface area contributed by atoms with E-state index in [4.69, 9.17) is 21.9 Å². The third kappa shape index (κ3) is 33.0. The van der Waals surface area contributed by atoms with E-state index in [9.17, 15) is 127 Å². The van der Waals surface area contributed by atoms with Crippen molar-refractivity contribution in [2.75, 3.05) is 26.7 Å². The van der Waals surface area contributed by atoms with Gasteiger partial charge in [-0.25, -0.2) is 9.59 Å². The van der Waals surface area contributed by atoms with Crippen molar-refractivity contribution >= 4 is 129 Å². The number of carbonyl (C=O) groups is 20. The highest BCUT2D eigenvalue weighted by molar-refractivity contribution is 6.02. The van der Waals surface area contributed by atoms with E-state index in [0.717, 1.165) is 59.9 Å². The summed E-state index contributed by atoms with van der Waals surface area (Å²) in [6, 6.07) is -16.2. The van der Waals surface area contributed by atoms with Crippen molar-refractivity contribution in [1.82, 2.24) is 73.7 Å². The second-order valence-corrected chi connectivity index (χ2v) is 28.1. The van der Waals surface area contributed by atoms with Crippen LogP contribution in [-0.2, 0) is 107 Å². The molecule has 1 aromatic carbocycles. The average molecular weight is 1630 g/mol. The first-order valence-corrected chi connectivity index (χ1v) is 37.1. The Labute approximate surface area is 659 Å². The van der Waals surface area contributed by atoms with Crippen LogP contribution in [0, 0.1) is 11.8 Å². The highest BCUT2D eigenvalue weighted by Gasteiger charge is 2.44. The van der Waals surface area contributed by atoms with Crippen LogP contribution in [-0.4, -0.2) is 270 Å². The number of nitrogens with one attached hydrogen (secondary N) is 13. The highest BCUT2D eigenvalue weighted by atomic mass is 16.5. The molecule has 25 N–H and O–H groups in total. The topological polar surface area (TPSA) is 713 Å². The van der Waals surface area contributed by atoms with Crippen LogP contribution in [0.5, 0.6) is 0 Å². The van der Waals surface area contributed by atoms with Gasteiger partial charge in [0.2, 0.25) is 88.6 Å². The SMILES string of the molecule is CCCCCCCCCC(=O)NC(Cc1c[nH]c2ccccc12)C(=O)NC(CCC(=O)O)C(=O)NC(C(=O)NC1C(=O)N(C)CC(=O)NC(C)C(=O)NC(CC(=O)O)C(=O)NC(CCCCN)C(=O)NC(C(O)C(=O)O)C(=O)NCC(=O)NC(CC(N)=O)C(=O)NC(C(C)CC(=O)O)C(=O)NC(C(C)C)C(=O)OC1C)C(O)C(N)=O. The Morgan fingerprint density at radius 2 is 1.20 bits per heavy atom. The van der Waals surface area contributed by atoms with Gasteiger partial charge >= 0.3 is 29.8 Å². The number of nitrogens with zero attached hydrogens (tertiary/aromatic N) is 1. The van der Waals surface area contributed by atoms with E-state index in [2.05, 4.69) is 54.4 Å². The van der Waals surface area contributed by atoms with Gasteiger partial charge in [0.25, 0.3) is 0 Å². The third-order valence-electron chi connectivity index (χ3n) is 18.2. The predicted octanol–water partition coefficient (Wildman–Crippen LogP) is -6.87. The van der Waals surface area contributed by atoms with Crippen LogP contribution in [0.1, 0.15) is 150 Å². The van der Waals surface area contributed by atoms with Crippen molar-refractivity contribution in [1.29, 1.82) is 0 Å². The quantitative estimate of drug-likeness (QED) is 0.0223. The number of H-pyrrole nitrogens is 1. The molecule has 1 aromatic heterocycles. The molecular weight excluding hydrogens is 1520 g/mol. The van der Waals surface area contributed by atoms with E-state index >= 15 is 0 Å². The van der Waals surface area contributed by atoms with Crippen LogP contribution in [0.3, 0.4) is 0 Å². The molecule has 1 aliphatic rings. The van der Waals surface area contributed by atoms with Crippen molar-refractivity contribution in [3.63, 3.8) is 0 Å². The van der Waals surface area contributed by atoms with Crippen molar-refractivity contribution in [2.45, 2.75) is 235 Å². The number of aliphatic carboxylic acids is 4. The first kappa shape index (κ1) is 97.2. The molecule has 638 valence electrons. The summed E-state index contributed by atoms with van der Waals surface area (Å²) in [5.74, 6) is -31.9. The van der Waals surface area contributed by atoms with Gasteiger partial charge in [-0.3, -0.25) is 86.3 Å². The molecule has 1 fully saturated rings. The third-order valence-corrected chi connectivity index (χ3v) is 18.2. The van der Waals surface area contributed by atoms with Gasteiger partial charge in [0.1, 0.15) is 72.6 Å². The lowest BCUT2D eigenvalue weighted by Gasteiger charge is -2.32. The molecule has 0 bridgehead atoms. The number of unbranched alkanes of at least 4 members (excludes halogenated alkanes) is 7. The number of aliphatic hydroxyl groups excluding tert-OH is 2. The van der Waals surface area contributed by atoms with Gasteiger partial charge in [0.05, 0.1) is 32.4 Å². The van der Waals surface area contributed by atoms with E-state index in [1.54, 1.807) is 30.5 Å². The second-order valence-electron chi connectivity index (χ2n) is 28.1. The zero-order valence-corrected chi connectivity index (χ0v) is 64.7. The van der Waals surface area contributed by atoms with Gasteiger partial charge in [-0.15, -0.1) is 0 Å². The number of carbonyl (C=O) groups excluding carboxylic acids is 16. The summed E-state index contributed by atoms with van der Waals surface area (Å²) in [7, 11) is 0.884. The number of carboxylic acid groups (broad SMARTS) is 4. The molecule has 15 amide bonds. The van der Waals surface area contributed by atoms with Crippen LogP contribution in [0.15, 0.2) is 30.5 Å². The van der Waals surface area contributed by atoms with Crippen molar-refractivity contribution in [2.24, 2.45) is 29.0 Å². The number of esters is 1. The zero-order chi connectivity index (χ0) is 86.7. The number of nitrogens with two attached hydrogens (primary N) is 3. The molecule has 44 nitrogen and oxygen atoms in total. The summed E-state index contributed by atoms with van der Waals surface area (Å²) in [4.78, 5) is 276. The number of cyclic esters (lactones) is 1. The minimum absolute atomic E-state index is 0.0134. The fourth-order valence-electron chi connectivity index (χ4n) is 11.8. The lowest BCUT2D eigenvalue weighted by molar-refractivity contribution is -0.159. The number of carboxylic acids is 4. The largest absolute Gasteiger partial charge is 0.481 e. The molecule has 115 heavy (non-hydrogen) atoms. The Hall–Kier alpha value is -12.0. The highest BCUT2D eigenvalue weighted by Crippen LogP contribution is 2.21. The molecule has 1 aliphatic heterocycles. The molecule has 0 spiro atoms. The molecule has 0 saturated carbocycles. The van der Waals surface area contributed by atoms with Crippen LogP contribution in [0.25, 0.3) is 10.9 Å². The van der Waals surface area contributed by atoms with Gasteiger partial charge in [0.15, 0.2) is 12.2 Å². The minimum atomic E-state index is -2.84. The maximum atomic E-state index is 14.9. The number of para-hydroxylation sites is 1. The first-order valence-electron chi connectivity index (χ1n) is 37.1. The minimum Gasteiger partial charge on any atom is -0.481 e. The monoisotopic (exact) mass is 1630 g/mol. The zero-order valence-electron chi connectivity index (χ0n) is 64.7. The molecule has 44 heteroatoms. The fraction of sp³-hybridized carbons (Fsp3) is 0.606. The molecule has 1 saturated heterocycles. The van der Waals surface area contributed by atoms with E-state index in [1.165, 1.54) is 13.8 Å². The summed E-state index contributed by atoms with van der Waals surface area (Å²) in [6.45, 7) is 5.25. The maximum absolute atomic E-state index is 14.9. The van der Waals surface area contributed by atoms with Crippen molar-refractivity contribution < 1.29 is 131 Å². The van der Waals surface area contributed by atoms with Gasteiger partial charge in [-0.2, -0.15) is 0 Å². The van der Waals surface area contributed by atoms with Crippen LogP contribution < -0.4 is 81.0 Å². The van der Waals surface area contributed by atoms with Gasteiger partial charge < -0.3 is 126 Å². The smallest absolute Gasteiger partial charge is 0.335 e. The van der Waals surface area contributed by atoms with E-state index < -0.39 is 267 Å². The Morgan fingerprint density at radius 1 is 0.609 bits per heavy atom. The van der Waals surface area contributed by atoms with Crippen molar-refractivity contribution in [3.8, 4) is 0 Å². The molecule has 3 rings (SSSR count). The Bertz CT molecular complexity index is 3840. The summed E-state index contributed by atoms with van der Waals surface area (Å²) in [6.07, 6.45) is -5.74. The Balaban J connectivity index is 2.27. The lowest BCUT2D eigenvalue weighted by Crippen LogP contribution is -2.64. The number of likely N-dealkylation sites (N-methyl/N-ethyl adjacent to an activating group) is 1. The average Bonchev–Trinajstić information content (AvgIpc) is 1.79. The fourth-order valence-corrected chi connectivity index (χ4v) is 11.8. The molecule has 0 aliphatic carbocycles. The maximum Gasteiger partial charge on any atom is 0.335 e. The molecule has 15 atom stereocenters. The summed E-state index contributed by atoms with van der Waals surface area (Å²) in [5, 5.41) is 87.9. The number of hydrogen-bond acceptors (Lipinski definition) is 24. The molecular formula is C71H107N17O27. The van der Waals surface area contributed by atoms with Gasteiger partial charge in [-0.1, -0.05) is 84.4 Å². The number of aliphatic hydroxyl groups is 2. The molecule has 15 unspecified atom stereocenters. The predicted molar refractivity (Wildman–Crippen MR) is 399 cm³/mol. The standard InChI is InChI=1S/C71H107N17O27/c1-8-9-10-11-12-13-14-22-46(90)78-42(27-37-30-75-39-20-16-15-19-38(37)39)63(105)81-41(23-24-49(93)94)62(104)86-55(57(99)59(74)101)68(110)85-54-36(6)115-71(114)52(33(2)3)83-67(109)53(34(4)26-50(95)96)84-65(107)43(28-45(73)89)79-47(91)31-76-66(108)56(58(100)70(112)113)87-61(103)40(21-17-18-25-72)80-64(106)44(29-51(97)98)82-60(102)35(5)77-48(92)32-88(7)69(54)111/h15-16,19-20,30,33-36,40-44,52-58,75,99-100H,8-14,17-18,21-29,31-32,72H2,1-7H3,(H2,73,89)(H2,74,101)(H,76,108)(H,77,92)(H,78,90)(H,79,91)(H,80,106)(H,81,105)(H,82,102)(H,83,109)(H,84,107)(H,85,110)(H,86,104)(H,87,103)(H,93,94)(H,95,96)(H,97,98)(H,112,113). The number of aromatic nitrogens is 1. The van der Waals surface area contributed by atoms with Crippen LogP contribution >= 0.6 is 0 Å². The Kier molecular flexibility index (Phi) is 40.7. The summed E-state index contributed by atoms with van der Waals surface area (Å²) < 4.78 is 5.70. The van der Waals surface area contributed by atoms with E-state index in [0.29, 0.717) is 34.2 Å². The number of benzene rings is 1. The number of aromatic amines is 1. The number of rotatable bonds is 36. The first-order chi connectivity index (χ1) is 54.0. The van der Waals surface area contributed by atoms with Crippen LogP contribution in [0.2, 0.25) is 0 Å². The number of primary amides is 2. The van der Waals surface area contributed by atoms with Crippen molar-refractivity contribution in [3.05, 3.63) is 36.0 Å². The molecule has 0 radical (unpaired) electrons. The number of ether oxygens (including phenoxy) is 1.